The van der Waals surface area contributed by atoms with E-state index in [1.807, 2.05) is 6.92 Å². The normalized spacial score (nSPS) is 20.4. The van der Waals surface area contributed by atoms with E-state index in [9.17, 15) is 24.3 Å². The van der Waals surface area contributed by atoms with Crippen LogP contribution in [-0.4, -0.2) is 55.7 Å². The molecule has 2 unspecified atom stereocenters. The van der Waals surface area contributed by atoms with Crippen molar-refractivity contribution >= 4 is 69.1 Å². The standard InChI is InChI=1S/C19H18N4O5S4.Na/c1-8-5-21-15(32-8)19(28)31-7-9-6-30-17-12(16(25)23(17)13(9)18(26)27)22-14(24)11(20)10-3-2-4-29-10;/h2-5,11-12,17H,6-7,20H2,1H3,(H,22,24)(H,26,27);/q;+1/p-1/t11?,12?,17-;/m0./s1. The zero-order chi connectivity index (χ0) is 23.0. The number of β-lactam (4-membered cyclic amide) rings is 1. The molecule has 14 heteroatoms. The number of fused-ring (bicyclic) bond motifs is 1. The summed E-state index contributed by atoms with van der Waals surface area (Å²) in [5.41, 5.74) is 6.14. The number of carbonyl (C=O) groups excluding carboxylic acids is 4. The van der Waals surface area contributed by atoms with Crippen LogP contribution in [0.25, 0.3) is 0 Å². The number of thiazole rings is 1. The summed E-state index contributed by atoms with van der Waals surface area (Å²) in [5.74, 6) is -2.15. The summed E-state index contributed by atoms with van der Waals surface area (Å²) in [6, 6.07) is 1.72. The van der Waals surface area contributed by atoms with Crippen molar-refractivity contribution in [3.8, 4) is 0 Å². The van der Waals surface area contributed by atoms with Crippen molar-refractivity contribution in [2.45, 2.75) is 24.4 Å². The van der Waals surface area contributed by atoms with E-state index in [2.05, 4.69) is 10.3 Å². The molecule has 2 aromatic heterocycles. The van der Waals surface area contributed by atoms with Gasteiger partial charge in [-0.2, -0.15) is 0 Å². The van der Waals surface area contributed by atoms with Gasteiger partial charge in [0.25, 0.3) is 5.91 Å². The molecule has 0 saturated carbocycles. The molecule has 33 heavy (non-hydrogen) atoms. The first kappa shape index (κ1) is 26.4. The molecular formula is C19H17N4NaO5S4. The van der Waals surface area contributed by atoms with E-state index in [1.165, 1.54) is 34.4 Å². The van der Waals surface area contributed by atoms with E-state index in [0.29, 0.717) is 15.5 Å². The second kappa shape index (κ2) is 11.0. The van der Waals surface area contributed by atoms with Gasteiger partial charge in [-0.3, -0.25) is 19.3 Å². The predicted octanol–water partition coefficient (Wildman–Crippen LogP) is -2.51. The van der Waals surface area contributed by atoms with Crippen LogP contribution < -0.4 is 45.7 Å². The number of nitrogens with one attached hydrogen (secondary N) is 1. The molecule has 168 valence electrons. The fraction of sp³-hybridized carbons (Fsp3) is 0.316. The number of aliphatic carboxylic acids is 1. The van der Waals surface area contributed by atoms with Gasteiger partial charge in [-0.05, 0) is 23.9 Å². The Balaban J connectivity index is 0.00000306. The molecule has 1 saturated heterocycles. The van der Waals surface area contributed by atoms with Crippen LogP contribution in [0.5, 0.6) is 0 Å². The number of hydrogen-bond donors (Lipinski definition) is 2. The van der Waals surface area contributed by atoms with Crippen molar-refractivity contribution in [1.82, 2.24) is 15.2 Å². The van der Waals surface area contributed by atoms with Gasteiger partial charge in [-0.1, -0.05) is 17.8 Å². The van der Waals surface area contributed by atoms with Crippen molar-refractivity contribution in [2.24, 2.45) is 5.73 Å². The van der Waals surface area contributed by atoms with Crippen molar-refractivity contribution in [3.05, 3.63) is 49.7 Å². The van der Waals surface area contributed by atoms with E-state index in [4.69, 9.17) is 5.73 Å². The van der Waals surface area contributed by atoms with Crippen LogP contribution in [0.15, 0.2) is 35.0 Å². The van der Waals surface area contributed by atoms with Gasteiger partial charge >= 0.3 is 29.6 Å². The third-order valence-electron chi connectivity index (χ3n) is 4.84. The summed E-state index contributed by atoms with van der Waals surface area (Å²) in [5, 5.41) is 15.8. The van der Waals surface area contributed by atoms with Gasteiger partial charge < -0.3 is 21.0 Å². The van der Waals surface area contributed by atoms with Crippen LogP contribution in [0, 0.1) is 6.92 Å². The van der Waals surface area contributed by atoms with Gasteiger partial charge in [0.2, 0.25) is 11.0 Å². The van der Waals surface area contributed by atoms with Gasteiger partial charge in [0.1, 0.15) is 17.5 Å². The van der Waals surface area contributed by atoms with Crippen LogP contribution in [0.4, 0.5) is 0 Å². The number of rotatable bonds is 7. The maximum Gasteiger partial charge on any atom is 1.00 e. The number of hydrogen-bond acceptors (Lipinski definition) is 11. The fourth-order valence-electron chi connectivity index (χ4n) is 3.29. The van der Waals surface area contributed by atoms with Crippen molar-refractivity contribution in [3.63, 3.8) is 0 Å². The quantitative estimate of drug-likeness (QED) is 0.292. The summed E-state index contributed by atoms with van der Waals surface area (Å²) in [4.78, 5) is 56.0. The van der Waals surface area contributed by atoms with E-state index >= 15 is 0 Å². The minimum atomic E-state index is -1.49. The number of thioether (sulfide) groups is 2. The average Bonchev–Trinajstić information content (AvgIpc) is 3.46. The van der Waals surface area contributed by atoms with Gasteiger partial charge in [-0.25, -0.2) is 4.98 Å². The van der Waals surface area contributed by atoms with Gasteiger partial charge in [-0.15, -0.1) is 34.4 Å². The minimum Gasteiger partial charge on any atom is -0.543 e. The zero-order valence-electron chi connectivity index (χ0n) is 17.6. The topological polar surface area (TPSA) is 146 Å². The van der Waals surface area contributed by atoms with Crippen LogP contribution >= 0.6 is 46.2 Å². The Morgan fingerprint density at radius 1 is 1.42 bits per heavy atom. The average molecular weight is 533 g/mol. The number of carboxylic acids is 1. The molecule has 2 aliphatic heterocycles. The molecule has 2 aromatic rings. The molecule has 3 atom stereocenters. The van der Waals surface area contributed by atoms with Crippen molar-refractivity contribution < 1.29 is 53.8 Å². The summed E-state index contributed by atoms with van der Waals surface area (Å²) >= 11 is 4.86. The number of amides is 2. The molecule has 0 bridgehead atoms. The van der Waals surface area contributed by atoms with E-state index in [0.717, 1.165) is 21.5 Å². The van der Waals surface area contributed by atoms with Gasteiger partial charge in [0.05, 0.1) is 11.7 Å². The Kier molecular flexibility index (Phi) is 8.83. The molecule has 2 amide bonds. The Morgan fingerprint density at radius 2 is 2.18 bits per heavy atom. The number of carbonyl (C=O) groups is 4. The fourth-order valence-corrected chi connectivity index (χ4v) is 7.11. The third-order valence-corrected chi connectivity index (χ3v) is 9.13. The molecule has 2 aliphatic rings. The SMILES string of the molecule is Cc1cnc(C(=O)SCC2=C(C(=O)[O-])N3C(=O)C(NC(=O)C(N)c4cccs4)[C@@H]3SC2)s1.[Na+]. The molecule has 0 spiro atoms. The van der Waals surface area contributed by atoms with Crippen molar-refractivity contribution in [1.29, 1.82) is 0 Å². The number of carboxylic acid groups (broad SMARTS) is 1. The second-order valence-corrected chi connectivity index (χ2v) is 11.2. The first-order valence-corrected chi connectivity index (χ1v) is 13.1. The molecule has 9 nitrogen and oxygen atoms in total. The molecule has 1 fully saturated rings. The molecule has 3 N–H and O–H groups in total. The summed E-state index contributed by atoms with van der Waals surface area (Å²) in [6.45, 7) is 1.84. The van der Waals surface area contributed by atoms with E-state index < -0.39 is 35.2 Å². The summed E-state index contributed by atoms with van der Waals surface area (Å²) in [7, 11) is 0. The van der Waals surface area contributed by atoms with Crippen LogP contribution in [0.3, 0.4) is 0 Å². The zero-order valence-corrected chi connectivity index (χ0v) is 22.9. The first-order valence-electron chi connectivity index (χ1n) is 9.35. The number of aryl methyl sites for hydroxylation is 1. The molecule has 0 aromatic carbocycles. The first-order chi connectivity index (χ1) is 15.3. The van der Waals surface area contributed by atoms with Gasteiger partial charge in [0.15, 0.2) is 5.01 Å². The number of thiophene rings is 1. The molecule has 4 heterocycles. The second-order valence-electron chi connectivity index (χ2n) is 6.98. The van der Waals surface area contributed by atoms with Crippen molar-refractivity contribution in [2.75, 3.05) is 11.5 Å². The Bertz CT molecular complexity index is 1120. The monoisotopic (exact) mass is 532 g/mol. The summed E-state index contributed by atoms with van der Waals surface area (Å²) in [6.07, 6.45) is 1.60. The van der Waals surface area contributed by atoms with Crippen LogP contribution in [0.1, 0.15) is 25.6 Å². The Labute approximate surface area is 227 Å². The number of nitrogens with two attached hydrogens (primary N) is 1. The number of aromatic nitrogens is 1. The molecule has 0 aliphatic carbocycles. The van der Waals surface area contributed by atoms with Crippen LogP contribution in [0.2, 0.25) is 0 Å². The Hall–Kier alpha value is -1.19. The van der Waals surface area contributed by atoms with E-state index in [1.54, 1.807) is 23.7 Å². The maximum atomic E-state index is 12.7. The predicted molar refractivity (Wildman–Crippen MR) is 122 cm³/mol. The van der Waals surface area contributed by atoms with Crippen LogP contribution in [-0.2, 0) is 14.4 Å². The molecule has 4 rings (SSSR count). The minimum absolute atomic E-state index is 0. The molecule has 0 radical (unpaired) electrons. The smallest absolute Gasteiger partial charge is 0.543 e. The molecular weight excluding hydrogens is 515 g/mol. The van der Waals surface area contributed by atoms with E-state index in [-0.39, 0.29) is 51.9 Å². The third kappa shape index (κ3) is 5.40. The largest absolute Gasteiger partial charge is 1.00 e. The maximum absolute atomic E-state index is 12.7. The Morgan fingerprint density at radius 3 is 2.79 bits per heavy atom. The number of nitrogens with zero attached hydrogens (tertiary/aromatic N) is 2. The summed E-state index contributed by atoms with van der Waals surface area (Å²) < 4.78 is 0. The van der Waals surface area contributed by atoms with Gasteiger partial charge in [0, 0.05) is 27.5 Å².